The fraction of sp³-hybridized carbons (Fsp3) is 0.348. The Hall–Kier alpha value is -2.55. The van der Waals surface area contributed by atoms with E-state index in [-0.39, 0.29) is 6.61 Å². The minimum Gasteiger partial charge on any atom is -0.490 e. The molecule has 1 aliphatic heterocycles. The minimum absolute atomic E-state index is 0.216. The maximum absolute atomic E-state index is 5.76. The number of benzene rings is 2. The first-order valence-electron chi connectivity index (χ1n) is 9.60. The highest BCUT2D eigenvalue weighted by atomic mass is 32.1. The lowest BCUT2D eigenvalue weighted by Crippen LogP contribution is -2.48. The molecule has 0 aromatic heterocycles. The van der Waals surface area contributed by atoms with E-state index in [9.17, 15) is 0 Å². The van der Waals surface area contributed by atoms with Gasteiger partial charge in [0.25, 0.3) is 0 Å². The van der Waals surface area contributed by atoms with Crippen molar-refractivity contribution < 1.29 is 9.47 Å². The van der Waals surface area contributed by atoms with Crippen molar-refractivity contribution >= 4 is 17.2 Å². The van der Waals surface area contributed by atoms with Crippen molar-refractivity contribution in [3.05, 3.63) is 59.7 Å². The minimum atomic E-state index is 0.216. The number of thiocarbonyl (C=S) groups is 1. The molecule has 1 saturated heterocycles. The van der Waals surface area contributed by atoms with Gasteiger partial charge in [-0.15, -0.1) is 6.42 Å². The molecule has 0 unspecified atom stereocenters. The van der Waals surface area contributed by atoms with Crippen molar-refractivity contribution in [2.24, 2.45) is 0 Å². The highest BCUT2D eigenvalue weighted by Gasteiger charge is 2.20. The molecule has 1 fully saturated rings. The summed E-state index contributed by atoms with van der Waals surface area (Å²) in [7, 11) is 0. The SMILES string of the molecule is C#CCOc1ccc(C(=S)N2CCN(Cc3ccccc3)CC2)cc1OCC. The molecule has 1 aliphatic rings. The zero-order valence-electron chi connectivity index (χ0n) is 16.3. The van der Waals surface area contributed by atoms with Crippen molar-refractivity contribution in [2.45, 2.75) is 13.5 Å². The summed E-state index contributed by atoms with van der Waals surface area (Å²) in [5, 5.41) is 0. The summed E-state index contributed by atoms with van der Waals surface area (Å²) in [6, 6.07) is 16.4. The zero-order valence-corrected chi connectivity index (χ0v) is 17.1. The van der Waals surface area contributed by atoms with Crippen LogP contribution in [0.4, 0.5) is 0 Å². The zero-order chi connectivity index (χ0) is 19.8. The van der Waals surface area contributed by atoms with Crippen molar-refractivity contribution in [3.8, 4) is 23.8 Å². The molecule has 1 heterocycles. The van der Waals surface area contributed by atoms with E-state index in [2.05, 4.69) is 46.1 Å². The summed E-state index contributed by atoms with van der Waals surface area (Å²) in [6.07, 6.45) is 5.29. The fourth-order valence-electron chi connectivity index (χ4n) is 3.28. The first-order valence-corrected chi connectivity index (χ1v) is 10.0. The van der Waals surface area contributed by atoms with Gasteiger partial charge in [-0.25, -0.2) is 0 Å². The molecule has 0 amide bonds. The topological polar surface area (TPSA) is 24.9 Å². The molecule has 146 valence electrons. The largest absolute Gasteiger partial charge is 0.490 e. The fourth-order valence-corrected chi connectivity index (χ4v) is 3.59. The molecule has 2 aromatic carbocycles. The summed E-state index contributed by atoms with van der Waals surface area (Å²) in [5.74, 6) is 3.81. The van der Waals surface area contributed by atoms with Gasteiger partial charge in [0.1, 0.15) is 11.6 Å². The van der Waals surface area contributed by atoms with E-state index in [0.29, 0.717) is 18.1 Å². The average Bonchev–Trinajstić information content (AvgIpc) is 2.74. The van der Waals surface area contributed by atoms with Crippen LogP contribution in [0.2, 0.25) is 0 Å². The van der Waals surface area contributed by atoms with Gasteiger partial charge in [0.05, 0.1) is 6.61 Å². The van der Waals surface area contributed by atoms with Crippen LogP contribution in [0.5, 0.6) is 11.5 Å². The quantitative estimate of drug-likeness (QED) is 0.528. The van der Waals surface area contributed by atoms with Gasteiger partial charge in [-0.05, 0) is 30.7 Å². The van der Waals surface area contributed by atoms with Crippen LogP contribution in [0.15, 0.2) is 48.5 Å². The van der Waals surface area contributed by atoms with Gasteiger partial charge in [0, 0.05) is 38.3 Å². The standard InChI is InChI=1S/C23H26N2O2S/c1-3-16-27-21-11-10-20(17-22(21)26-4-2)23(28)25-14-12-24(13-15-25)18-19-8-6-5-7-9-19/h1,5-11,17H,4,12-16,18H2,2H3. The highest BCUT2D eigenvalue weighted by molar-refractivity contribution is 7.80. The van der Waals surface area contributed by atoms with Gasteiger partial charge in [-0.3, -0.25) is 4.90 Å². The molecule has 28 heavy (non-hydrogen) atoms. The molecule has 0 radical (unpaired) electrons. The van der Waals surface area contributed by atoms with Crippen molar-refractivity contribution in [1.82, 2.24) is 9.80 Å². The third-order valence-electron chi connectivity index (χ3n) is 4.71. The predicted octanol–water partition coefficient (Wildman–Crippen LogP) is 3.59. The Morgan fingerprint density at radius 3 is 2.46 bits per heavy atom. The number of ether oxygens (including phenoxy) is 2. The Morgan fingerprint density at radius 1 is 1.04 bits per heavy atom. The lowest BCUT2D eigenvalue weighted by Gasteiger charge is -2.36. The molecule has 0 bridgehead atoms. The van der Waals surface area contributed by atoms with Crippen LogP contribution in [-0.4, -0.2) is 54.2 Å². The Kier molecular flexibility index (Phi) is 7.30. The average molecular weight is 395 g/mol. The Bertz CT molecular complexity index is 824. The van der Waals surface area contributed by atoms with Crippen molar-refractivity contribution in [1.29, 1.82) is 0 Å². The normalized spacial score (nSPS) is 14.4. The van der Waals surface area contributed by atoms with Crippen LogP contribution in [0, 0.1) is 12.3 Å². The van der Waals surface area contributed by atoms with E-state index in [0.717, 1.165) is 43.3 Å². The van der Waals surface area contributed by atoms with Gasteiger partial charge in [0.15, 0.2) is 11.5 Å². The lowest BCUT2D eigenvalue weighted by atomic mass is 10.1. The van der Waals surface area contributed by atoms with E-state index in [1.807, 2.05) is 25.1 Å². The number of piperazine rings is 1. The van der Waals surface area contributed by atoms with Crippen LogP contribution in [0.25, 0.3) is 0 Å². The summed E-state index contributed by atoms with van der Waals surface area (Å²) in [4.78, 5) is 5.59. The van der Waals surface area contributed by atoms with Gasteiger partial charge >= 0.3 is 0 Å². The Morgan fingerprint density at radius 2 is 1.79 bits per heavy atom. The molecule has 5 heteroatoms. The van der Waals surface area contributed by atoms with Crippen LogP contribution in [0.1, 0.15) is 18.1 Å². The number of nitrogens with zero attached hydrogens (tertiary/aromatic N) is 2. The molecule has 2 aromatic rings. The lowest BCUT2D eigenvalue weighted by molar-refractivity contribution is 0.177. The summed E-state index contributed by atoms with van der Waals surface area (Å²) in [5.41, 5.74) is 2.32. The molecule has 0 aliphatic carbocycles. The number of hydrogen-bond acceptors (Lipinski definition) is 4. The third-order valence-corrected chi connectivity index (χ3v) is 5.20. The second-order valence-corrected chi connectivity index (χ2v) is 7.03. The molecule has 0 atom stereocenters. The molecule has 0 spiro atoms. The molecular formula is C23H26N2O2S. The van der Waals surface area contributed by atoms with Crippen LogP contribution >= 0.6 is 12.2 Å². The molecular weight excluding hydrogens is 368 g/mol. The highest BCUT2D eigenvalue weighted by Crippen LogP contribution is 2.29. The van der Waals surface area contributed by atoms with Gasteiger partial charge in [-0.1, -0.05) is 48.5 Å². The summed E-state index contributed by atoms with van der Waals surface area (Å²) in [6.45, 7) is 7.54. The molecule has 0 N–H and O–H groups in total. The molecule has 4 nitrogen and oxygen atoms in total. The second kappa shape index (κ2) is 10.1. The van der Waals surface area contributed by atoms with Crippen LogP contribution in [0.3, 0.4) is 0 Å². The number of terminal acetylenes is 1. The summed E-state index contributed by atoms with van der Waals surface area (Å²) < 4.78 is 11.3. The van der Waals surface area contributed by atoms with E-state index in [4.69, 9.17) is 28.1 Å². The molecule has 0 saturated carbocycles. The smallest absolute Gasteiger partial charge is 0.162 e. The van der Waals surface area contributed by atoms with Gasteiger partial charge < -0.3 is 14.4 Å². The van der Waals surface area contributed by atoms with E-state index < -0.39 is 0 Å². The second-order valence-electron chi connectivity index (χ2n) is 6.64. The first-order chi connectivity index (χ1) is 13.7. The maximum Gasteiger partial charge on any atom is 0.162 e. The molecule has 3 rings (SSSR count). The Balaban J connectivity index is 1.61. The van der Waals surface area contributed by atoms with Crippen LogP contribution < -0.4 is 9.47 Å². The summed E-state index contributed by atoms with van der Waals surface area (Å²) >= 11 is 5.76. The monoisotopic (exact) mass is 394 g/mol. The van der Waals surface area contributed by atoms with Gasteiger partial charge in [0.2, 0.25) is 0 Å². The number of rotatable bonds is 7. The number of hydrogen-bond donors (Lipinski definition) is 0. The van der Waals surface area contributed by atoms with E-state index in [1.165, 1.54) is 5.56 Å². The third kappa shape index (κ3) is 5.25. The van der Waals surface area contributed by atoms with Crippen LogP contribution in [-0.2, 0) is 6.54 Å². The Labute approximate surface area is 173 Å². The van der Waals surface area contributed by atoms with Crippen molar-refractivity contribution in [3.63, 3.8) is 0 Å². The maximum atomic E-state index is 5.76. The van der Waals surface area contributed by atoms with E-state index in [1.54, 1.807) is 0 Å². The predicted molar refractivity (Wildman–Crippen MR) is 117 cm³/mol. The van der Waals surface area contributed by atoms with E-state index >= 15 is 0 Å². The first kappa shape index (κ1) is 20.2. The van der Waals surface area contributed by atoms with Gasteiger partial charge in [-0.2, -0.15) is 0 Å². The van der Waals surface area contributed by atoms with Crippen molar-refractivity contribution in [2.75, 3.05) is 39.4 Å².